The summed E-state index contributed by atoms with van der Waals surface area (Å²) in [5.41, 5.74) is 2.73. The first-order valence-electron chi connectivity index (χ1n) is 10.7. The Hall–Kier alpha value is -3.81. The molecule has 2 N–H and O–H groups in total. The molecule has 8 nitrogen and oxygen atoms in total. The number of rotatable bonds is 8. The zero-order valence-corrected chi connectivity index (χ0v) is 18.5. The average molecular weight is 434 g/mol. The number of carbonyl (C=O) groups excluding carboxylic acids is 1. The van der Waals surface area contributed by atoms with Crippen molar-refractivity contribution >= 4 is 17.5 Å². The highest BCUT2D eigenvalue weighted by Gasteiger charge is 2.33. The molecule has 0 aliphatic carbocycles. The van der Waals surface area contributed by atoms with Gasteiger partial charge in [-0.15, -0.1) is 0 Å². The minimum absolute atomic E-state index is 0.247. The lowest BCUT2D eigenvalue weighted by Gasteiger charge is -2.29. The van der Waals surface area contributed by atoms with Gasteiger partial charge in [-0.05, 0) is 43.2 Å². The Labute approximate surface area is 187 Å². The van der Waals surface area contributed by atoms with Crippen molar-refractivity contribution in [1.29, 1.82) is 0 Å². The van der Waals surface area contributed by atoms with Crippen LogP contribution in [0.2, 0.25) is 0 Å². The van der Waals surface area contributed by atoms with E-state index in [0.29, 0.717) is 35.3 Å². The van der Waals surface area contributed by atoms with Gasteiger partial charge in [-0.3, -0.25) is 4.79 Å². The summed E-state index contributed by atoms with van der Waals surface area (Å²) in [6, 6.07) is 14.6. The highest BCUT2D eigenvalue weighted by Crippen LogP contribution is 2.37. The van der Waals surface area contributed by atoms with Crippen molar-refractivity contribution in [2.45, 2.75) is 32.7 Å². The number of para-hydroxylation sites is 2. The third kappa shape index (κ3) is 4.30. The molecule has 0 saturated heterocycles. The molecule has 2 aromatic carbocycles. The van der Waals surface area contributed by atoms with Crippen molar-refractivity contribution in [3.8, 4) is 11.5 Å². The van der Waals surface area contributed by atoms with E-state index < -0.39 is 6.04 Å². The number of amides is 1. The van der Waals surface area contributed by atoms with E-state index in [9.17, 15) is 4.79 Å². The van der Waals surface area contributed by atoms with Crippen molar-refractivity contribution in [2.24, 2.45) is 0 Å². The Bertz CT molecular complexity index is 1140. The normalized spacial score (nSPS) is 15.0. The van der Waals surface area contributed by atoms with Crippen LogP contribution in [0.3, 0.4) is 0 Å². The van der Waals surface area contributed by atoms with Gasteiger partial charge in [0.2, 0.25) is 5.95 Å². The van der Waals surface area contributed by atoms with Crippen molar-refractivity contribution in [1.82, 2.24) is 14.8 Å². The van der Waals surface area contributed by atoms with Crippen LogP contribution in [0, 0.1) is 0 Å². The van der Waals surface area contributed by atoms with Gasteiger partial charge in [-0.25, -0.2) is 4.68 Å². The van der Waals surface area contributed by atoms with E-state index in [4.69, 9.17) is 9.47 Å². The van der Waals surface area contributed by atoms with E-state index in [-0.39, 0.29) is 5.91 Å². The number of carbonyl (C=O) groups is 1. The molecular weight excluding hydrogens is 406 g/mol. The van der Waals surface area contributed by atoms with Crippen molar-refractivity contribution in [3.63, 3.8) is 0 Å². The predicted molar refractivity (Wildman–Crippen MR) is 123 cm³/mol. The predicted octanol–water partition coefficient (Wildman–Crippen LogP) is 4.39. The van der Waals surface area contributed by atoms with Gasteiger partial charge < -0.3 is 20.1 Å². The van der Waals surface area contributed by atoms with Crippen molar-refractivity contribution in [2.75, 3.05) is 24.4 Å². The molecule has 2 heterocycles. The Balaban J connectivity index is 1.70. The smallest absolute Gasteiger partial charge is 0.255 e. The average Bonchev–Trinajstić information content (AvgIpc) is 3.27. The fourth-order valence-corrected chi connectivity index (χ4v) is 3.74. The van der Waals surface area contributed by atoms with E-state index >= 15 is 0 Å². The number of hydrogen-bond acceptors (Lipinski definition) is 6. The second-order valence-corrected chi connectivity index (χ2v) is 7.52. The van der Waals surface area contributed by atoms with E-state index in [1.807, 2.05) is 43.3 Å². The molecule has 0 spiro atoms. The number of benzene rings is 2. The summed E-state index contributed by atoms with van der Waals surface area (Å²) in [6.45, 7) is 4.64. The van der Waals surface area contributed by atoms with E-state index in [0.717, 1.165) is 24.2 Å². The number of allylic oxidation sites excluding steroid dienone is 1. The van der Waals surface area contributed by atoms with Crippen LogP contribution in [-0.2, 0) is 4.79 Å². The third-order valence-electron chi connectivity index (χ3n) is 5.33. The van der Waals surface area contributed by atoms with Gasteiger partial charge in [0, 0.05) is 5.70 Å². The van der Waals surface area contributed by atoms with Crippen LogP contribution in [0.5, 0.6) is 11.5 Å². The first kappa shape index (κ1) is 21.4. The largest absolute Gasteiger partial charge is 0.495 e. The van der Waals surface area contributed by atoms with E-state index in [2.05, 4.69) is 27.6 Å². The molecule has 1 atom stereocenters. The first-order valence-corrected chi connectivity index (χ1v) is 10.7. The molecule has 0 bridgehead atoms. The van der Waals surface area contributed by atoms with Gasteiger partial charge >= 0.3 is 0 Å². The van der Waals surface area contributed by atoms with Crippen molar-refractivity contribution in [3.05, 3.63) is 71.7 Å². The zero-order chi connectivity index (χ0) is 22.5. The Morgan fingerprint density at radius 2 is 2.06 bits per heavy atom. The number of nitrogens with zero attached hydrogens (tertiary/aromatic N) is 3. The number of fused-ring (bicyclic) bond motifs is 1. The number of unbranched alkanes of at least 4 members (excludes halogenated alkanes) is 1. The minimum atomic E-state index is -0.460. The van der Waals surface area contributed by atoms with Crippen LogP contribution in [0.25, 0.3) is 0 Å². The molecule has 0 saturated carbocycles. The summed E-state index contributed by atoms with van der Waals surface area (Å²) in [6.07, 6.45) is 3.52. The number of aromatic nitrogens is 3. The lowest BCUT2D eigenvalue weighted by Crippen LogP contribution is -2.31. The first-order chi connectivity index (χ1) is 15.6. The molecule has 1 amide bonds. The third-order valence-corrected chi connectivity index (χ3v) is 5.33. The maximum atomic E-state index is 13.5. The van der Waals surface area contributed by atoms with Crippen molar-refractivity contribution < 1.29 is 14.3 Å². The molecule has 0 radical (unpaired) electrons. The Morgan fingerprint density at radius 1 is 1.22 bits per heavy atom. The second kappa shape index (κ2) is 9.55. The minimum Gasteiger partial charge on any atom is -0.495 e. The molecule has 166 valence electrons. The van der Waals surface area contributed by atoms with Crippen LogP contribution >= 0.6 is 0 Å². The maximum absolute atomic E-state index is 13.5. The highest BCUT2D eigenvalue weighted by atomic mass is 16.5. The summed E-state index contributed by atoms with van der Waals surface area (Å²) in [7, 11) is 1.58. The topological polar surface area (TPSA) is 90.3 Å². The lowest BCUT2D eigenvalue weighted by atomic mass is 9.94. The molecular formula is C24H27N5O3. The molecule has 1 aliphatic heterocycles. The zero-order valence-electron chi connectivity index (χ0n) is 18.5. The lowest BCUT2D eigenvalue weighted by molar-refractivity contribution is -0.113. The number of hydrogen-bond donors (Lipinski definition) is 2. The second-order valence-electron chi connectivity index (χ2n) is 7.52. The summed E-state index contributed by atoms with van der Waals surface area (Å²) in [5.74, 6) is 1.69. The highest BCUT2D eigenvalue weighted by molar-refractivity contribution is 6.06. The van der Waals surface area contributed by atoms with Gasteiger partial charge in [-0.1, -0.05) is 37.6 Å². The Kier molecular flexibility index (Phi) is 6.39. The molecule has 32 heavy (non-hydrogen) atoms. The number of nitrogens with one attached hydrogen (secondary N) is 2. The standard InChI is InChI=1S/C24H27N5O3/c1-4-5-13-32-18-10-8-9-17(14-18)22-21(16(2)27-24-25-15-26-29(22)24)23(30)28-19-11-6-7-12-20(19)31-3/h6-12,14-15,22H,4-5,13H2,1-3H3,(H,28,30)(H,25,26,27). The SMILES string of the molecule is CCCCOc1cccc(C2C(C(=O)Nc3ccccc3OC)=C(C)Nc3ncnn32)c1. The van der Waals surface area contributed by atoms with Crippen LogP contribution in [0.15, 0.2) is 66.1 Å². The molecule has 1 unspecified atom stereocenters. The summed E-state index contributed by atoms with van der Waals surface area (Å²) < 4.78 is 13.0. The molecule has 8 heteroatoms. The number of anilines is 2. The van der Waals surface area contributed by atoms with E-state index in [1.54, 1.807) is 23.9 Å². The molecule has 1 aromatic heterocycles. The fraction of sp³-hybridized carbons (Fsp3) is 0.292. The molecule has 1 aliphatic rings. The van der Waals surface area contributed by atoms with Gasteiger partial charge in [0.15, 0.2) is 0 Å². The molecule has 4 rings (SSSR count). The summed E-state index contributed by atoms with van der Waals surface area (Å²) in [5, 5.41) is 10.6. The monoisotopic (exact) mass is 433 g/mol. The maximum Gasteiger partial charge on any atom is 0.255 e. The molecule has 3 aromatic rings. The van der Waals surface area contributed by atoms with Crippen LogP contribution in [-0.4, -0.2) is 34.4 Å². The Morgan fingerprint density at radius 3 is 2.88 bits per heavy atom. The van der Waals surface area contributed by atoms with Crippen LogP contribution in [0.1, 0.15) is 38.3 Å². The van der Waals surface area contributed by atoms with Gasteiger partial charge in [-0.2, -0.15) is 10.1 Å². The van der Waals surface area contributed by atoms with Gasteiger partial charge in [0.1, 0.15) is 23.9 Å². The van der Waals surface area contributed by atoms with Crippen LogP contribution < -0.4 is 20.1 Å². The summed E-state index contributed by atoms with van der Waals surface area (Å²) >= 11 is 0. The van der Waals surface area contributed by atoms with Crippen LogP contribution in [0.4, 0.5) is 11.6 Å². The van der Waals surface area contributed by atoms with E-state index in [1.165, 1.54) is 6.33 Å². The quantitative estimate of drug-likeness (QED) is 0.512. The fourth-order valence-electron chi connectivity index (χ4n) is 3.74. The number of methoxy groups -OCH3 is 1. The molecule has 0 fully saturated rings. The summed E-state index contributed by atoms with van der Waals surface area (Å²) in [4.78, 5) is 17.8. The van der Waals surface area contributed by atoms with Gasteiger partial charge in [0.25, 0.3) is 5.91 Å². The van der Waals surface area contributed by atoms with Gasteiger partial charge in [0.05, 0.1) is 25.0 Å². The number of ether oxygens (including phenoxy) is 2.